The number of likely N-dealkylation sites (N-methyl/N-ethyl adjacent to an activating group) is 1. The summed E-state index contributed by atoms with van der Waals surface area (Å²) in [5.41, 5.74) is -1.20. The molecule has 2 aliphatic rings. The lowest BCUT2D eigenvalue weighted by atomic mass is 9.91. The van der Waals surface area contributed by atoms with Gasteiger partial charge in [0.1, 0.15) is 11.4 Å². The summed E-state index contributed by atoms with van der Waals surface area (Å²) in [7, 11) is 1.58. The molecule has 19 heavy (non-hydrogen) atoms. The summed E-state index contributed by atoms with van der Waals surface area (Å²) < 4.78 is -0.608. The number of fused-ring (bicyclic) bond motifs is 1. The Labute approximate surface area is 115 Å². The Hall–Kier alpha value is -1.28. The van der Waals surface area contributed by atoms with E-state index in [0.717, 1.165) is 0 Å². The van der Waals surface area contributed by atoms with Crippen molar-refractivity contribution in [2.24, 2.45) is 0 Å². The Kier molecular flexibility index (Phi) is 3.06. The maximum absolute atomic E-state index is 12.3. The van der Waals surface area contributed by atoms with E-state index in [-0.39, 0.29) is 5.91 Å². The molecule has 106 valence electrons. The number of thioether (sulfide) groups is 1. The summed E-state index contributed by atoms with van der Waals surface area (Å²) >= 11 is 1.38. The first-order valence-corrected chi connectivity index (χ1v) is 6.76. The third-order valence-corrected chi connectivity index (χ3v) is 5.18. The minimum atomic E-state index is -1.20. The number of hydrogen-bond acceptors (Lipinski definition) is 5. The van der Waals surface area contributed by atoms with E-state index in [1.54, 1.807) is 20.9 Å². The summed E-state index contributed by atoms with van der Waals surface area (Å²) in [6.07, 6.45) is 0. The highest BCUT2D eigenvalue weighted by atomic mass is 32.2. The summed E-state index contributed by atoms with van der Waals surface area (Å²) in [6, 6.07) is -0.884. The second kappa shape index (κ2) is 4.11. The van der Waals surface area contributed by atoms with Crippen LogP contribution < -0.4 is 10.6 Å². The second-order valence-electron chi connectivity index (χ2n) is 5.27. The van der Waals surface area contributed by atoms with Gasteiger partial charge in [0.2, 0.25) is 11.6 Å². The van der Waals surface area contributed by atoms with Crippen molar-refractivity contribution in [2.75, 3.05) is 7.05 Å². The van der Waals surface area contributed by atoms with E-state index in [2.05, 4.69) is 10.6 Å². The van der Waals surface area contributed by atoms with E-state index in [4.69, 9.17) is 0 Å². The zero-order chi connectivity index (χ0) is 14.6. The Morgan fingerprint density at radius 3 is 2.42 bits per heavy atom. The van der Waals surface area contributed by atoms with Gasteiger partial charge in [-0.05, 0) is 20.9 Å². The lowest BCUT2D eigenvalue weighted by Gasteiger charge is -2.52. The highest BCUT2D eigenvalue weighted by Crippen LogP contribution is 2.53. The van der Waals surface area contributed by atoms with E-state index in [1.165, 1.54) is 23.6 Å². The smallest absolute Gasteiger partial charge is 0.327 e. The largest absolute Gasteiger partial charge is 0.480 e. The quantitative estimate of drug-likeness (QED) is 0.463. The highest BCUT2D eigenvalue weighted by Gasteiger charge is 2.71. The molecule has 0 aromatic heterocycles. The molecule has 8 heteroatoms. The van der Waals surface area contributed by atoms with Crippen LogP contribution in [0.2, 0.25) is 0 Å². The van der Waals surface area contributed by atoms with Crippen LogP contribution in [0.4, 0.5) is 0 Å². The van der Waals surface area contributed by atoms with Crippen molar-refractivity contribution in [1.82, 2.24) is 15.5 Å². The number of hydrogen-bond donors (Lipinski definition) is 3. The average molecular weight is 287 g/mol. The summed E-state index contributed by atoms with van der Waals surface area (Å²) in [4.78, 5) is 36.3. The lowest BCUT2D eigenvalue weighted by molar-refractivity contribution is -0.171. The molecule has 0 spiro atoms. The molecule has 2 aliphatic heterocycles. The van der Waals surface area contributed by atoms with E-state index in [0.29, 0.717) is 0 Å². The first-order chi connectivity index (χ1) is 8.67. The lowest BCUT2D eigenvalue weighted by Crippen LogP contribution is -2.84. The molecule has 0 aromatic rings. The fraction of sp³-hybridized carbons (Fsp3) is 0.727. The number of carboxylic acid groups (broad SMARTS) is 1. The van der Waals surface area contributed by atoms with Gasteiger partial charge in [-0.25, -0.2) is 4.79 Å². The number of amides is 2. The molecule has 7 nitrogen and oxygen atoms in total. The van der Waals surface area contributed by atoms with Crippen LogP contribution in [-0.4, -0.2) is 56.7 Å². The van der Waals surface area contributed by atoms with Crippen molar-refractivity contribution in [3.8, 4) is 0 Å². The predicted octanol–water partition coefficient (Wildman–Crippen LogP) is -0.815. The van der Waals surface area contributed by atoms with Gasteiger partial charge in [-0.2, -0.15) is 0 Å². The molecule has 0 radical (unpaired) electrons. The standard InChI is InChI=1S/C11H17N3O4S/c1-5(15)13-11(12-4)8(18)14-6(7(16)17)10(2,3)19-9(11)14/h6,9,12H,1-4H3,(H,13,15)(H,16,17)/t6-,9+,11-/m0/s1. The second-order valence-corrected chi connectivity index (χ2v) is 7.00. The van der Waals surface area contributed by atoms with E-state index in [1.807, 2.05) is 0 Å². The van der Waals surface area contributed by atoms with Gasteiger partial charge < -0.3 is 15.3 Å². The van der Waals surface area contributed by atoms with E-state index in [9.17, 15) is 19.5 Å². The summed E-state index contributed by atoms with van der Waals surface area (Å²) in [5.74, 6) is -1.76. The van der Waals surface area contributed by atoms with Crippen molar-refractivity contribution in [3.63, 3.8) is 0 Å². The molecule has 2 heterocycles. The van der Waals surface area contributed by atoms with Gasteiger partial charge in [-0.3, -0.25) is 14.9 Å². The SMILES string of the molecule is CN[C@]1(NC(C)=O)C(=O)N2[C@@H](C(=O)O)C(C)(C)S[C@@H]21. The Morgan fingerprint density at radius 1 is 1.42 bits per heavy atom. The van der Waals surface area contributed by atoms with Gasteiger partial charge in [0.05, 0.1) is 0 Å². The molecule has 0 saturated carbocycles. The summed E-state index contributed by atoms with van der Waals surface area (Å²) in [6.45, 7) is 4.90. The van der Waals surface area contributed by atoms with E-state index >= 15 is 0 Å². The van der Waals surface area contributed by atoms with Crippen LogP contribution in [0.25, 0.3) is 0 Å². The predicted molar refractivity (Wildman–Crippen MR) is 69.3 cm³/mol. The normalized spacial score (nSPS) is 35.6. The van der Waals surface area contributed by atoms with Gasteiger partial charge in [0, 0.05) is 11.7 Å². The number of β-lactam (4-membered cyclic amide) rings is 1. The molecular weight excluding hydrogens is 270 g/mol. The number of rotatable bonds is 3. The Balaban J connectivity index is 2.36. The molecule has 2 amide bonds. The average Bonchev–Trinajstić information content (AvgIpc) is 2.55. The first-order valence-electron chi connectivity index (χ1n) is 5.88. The third kappa shape index (κ3) is 1.73. The van der Waals surface area contributed by atoms with Crippen LogP contribution >= 0.6 is 11.8 Å². The van der Waals surface area contributed by atoms with E-state index < -0.39 is 33.7 Å². The first kappa shape index (κ1) is 14.1. The van der Waals surface area contributed by atoms with Gasteiger partial charge in [0.25, 0.3) is 5.91 Å². The fourth-order valence-electron chi connectivity index (χ4n) is 2.75. The fourth-order valence-corrected chi connectivity index (χ4v) is 4.45. The van der Waals surface area contributed by atoms with Crippen molar-refractivity contribution < 1.29 is 19.5 Å². The molecule has 0 aliphatic carbocycles. The molecule has 2 fully saturated rings. The topological polar surface area (TPSA) is 98.7 Å². The molecule has 2 rings (SSSR count). The van der Waals surface area contributed by atoms with Crippen LogP contribution in [0, 0.1) is 0 Å². The van der Waals surface area contributed by atoms with Crippen molar-refractivity contribution >= 4 is 29.5 Å². The number of nitrogens with zero attached hydrogens (tertiary/aromatic N) is 1. The minimum absolute atomic E-state index is 0.334. The van der Waals surface area contributed by atoms with Crippen molar-refractivity contribution in [1.29, 1.82) is 0 Å². The maximum atomic E-state index is 12.3. The molecule has 2 saturated heterocycles. The number of carboxylic acids is 1. The number of carbonyl (C=O) groups is 3. The third-order valence-electron chi connectivity index (χ3n) is 3.55. The van der Waals surface area contributed by atoms with Crippen molar-refractivity contribution in [3.05, 3.63) is 0 Å². The number of nitrogens with one attached hydrogen (secondary N) is 2. The number of carbonyl (C=O) groups excluding carboxylic acids is 2. The Morgan fingerprint density at radius 2 is 2.00 bits per heavy atom. The number of aliphatic carboxylic acids is 1. The molecule has 0 bridgehead atoms. The minimum Gasteiger partial charge on any atom is -0.480 e. The van der Waals surface area contributed by atoms with Gasteiger partial charge in [-0.15, -0.1) is 11.8 Å². The zero-order valence-electron chi connectivity index (χ0n) is 11.2. The van der Waals surface area contributed by atoms with Crippen LogP contribution in [0.5, 0.6) is 0 Å². The van der Waals surface area contributed by atoms with Crippen LogP contribution in [0.15, 0.2) is 0 Å². The van der Waals surface area contributed by atoms with Gasteiger partial charge in [0.15, 0.2) is 0 Å². The van der Waals surface area contributed by atoms with Gasteiger partial charge >= 0.3 is 5.97 Å². The van der Waals surface area contributed by atoms with Gasteiger partial charge in [-0.1, -0.05) is 0 Å². The molecule has 0 unspecified atom stereocenters. The molecule has 3 atom stereocenters. The van der Waals surface area contributed by atoms with Crippen LogP contribution in [0.1, 0.15) is 20.8 Å². The van der Waals surface area contributed by atoms with Crippen LogP contribution in [0.3, 0.4) is 0 Å². The summed E-state index contributed by atoms with van der Waals surface area (Å²) in [5, 5.41) is 14.3. The monoisotopic (exact) mass is 287 g/mol. The van der Waals surface area contributed by atoms with Crippen LogP contribution in [-0.2, 0) is 14.4 Å². The highest BCUT2D eigenvalue weighted by molar-refractivity contribution is 8.01. The van der Waals surface area contributed by atoms with Crippen molar-refractivity contribution in [2.45, 2.75) is 42.6 Å². The molecule has 3 N–H and O–H groups in total. The molecule has 0 aromatic carbocycles. The zero-order valence-corrected chi connectivity index (χ0v) is 12.0. The maximum Gasteiger partial charge on any atom is 0.327 e. The molecular formula is C11H17N3O4S. The Bertz CT molecular complexity index is 467.